The van der Waals surface area contributed by atoms with Gasteiger partial charge in [-0.2, -0.15) is 13.2 Å². The van der Waals surface area contributed by atoms with E-state index in [1.807, 2.05) is 6.07 Å². The van der Waals surface area contributed by atoms with Crippen molar-refractivity contribution in [3.63, 3.8) is 0 Å². The minimum absolute atomic E-state index is 0.0698. The van der Waals surface area contributed by atoms with E-state index in [0.717, 1.165) is 0 Å². The van der Waals surface area contributed by atoms with Gasteiger partial charge in [-0.3, -0.25) is 4.79 Å². The topological polar surface area (TPSA) is 86.3 Å². The van der Waals surface area contributed by atoms with E-state index in [9.17, 15) is 22.8 Å². The number of nitrogens with one attached hydrogen (secondary N) is 1. The minimum Gasteiger partial charge on any atom is -0.497 e. The smallest absolute Gasteiger partial charge is 0.427 e. The van der Waals surface area contributed by atoms with Crippen LogP contribution in [0, 0.1) is 0 Å². The van der Waals surface area contributed by atoms with Crippen LogP contribution in [0.2, 0.25) is 0 Å². The van der Waals surface area contributed by atoms with Gasteiger partial charge in [0.2, 0.25) is 6.10 Å². The Labute approximate surface area is 219 Å². The van der Waals surface area contributed by atoms with E-state index >= 15 is 0 Å². The van der Waals surface area contributed by atoms with Gasteiger partial charge in [-0.25, -0.2) is 4.79 Å². The van der Waals surface area contributed by atoms with Crippen LogP contribution in [0.1, 0.15) is 35.2 Å². The molecule has 0 aromatic heterocycles. The fourth-order valence-corrected chi connectivity index (χ4v) is 4.64. The molecule has 0 aliphatic carbocycles. The van der Waals surface area contributed by atoms with E-state index in [1.165, 1.54) is 12.0 Å². The fraction of sp³-hybridized carbons (Fsp3) is 0.481. The number of hydrogen-bond donors (Lipinski definition) is 1. The molecule has 1 unspecified atom stereocenters. The molecule has 0 bridgehead atoms. The Morgan fingerprint density at radius 3 is 2.42 bits per heavy atom. The lowest BCUT2D eigenvalue weighted by Gasteiger charge is -2.38. The summed E-state index contributed by atoms with van der Waals surface area (Å²) in [6, 6.07) is 15.4. The highest BCUT2D eigenvalue weighted by Crippen LogP contribution is 2.36. The summed E-state index contributed by atoms with van der Waals surface area (Å²) in [7, 11) is 1.51. The zero-order chi connectivity index (χ0) is 27.2. The quantitative estimate of drug-likeness (QED) is 0.541. The van der Waals surface area contributed by atoms with Crippen molar-refractivity contribution in [2.24, 2.45) is 0 Å². The van der Waals surface area contributed by atoms with Crippen molar-refractivity contribution in [1.82, 2.24) is 10.2 Å². The van der Waals surface area contributed by atoms with Crippen molar-refractivity contribution in [1.29, 1.82) is 0 Å². The van der Waals surface area contributed by atoms with E-state index in [0.29, 0.717) is 42.7 Å². The van der Waals surface area contributed by atoms with E-state index in [1.54, 1.807) is 48.5 Å². The average molecular weight is 537 g/mol. The van der Waals surface area contributed by atoms with Gasteiger partial charge in [0.15, 0.2) is 0 Å². The standard InChI is InChI=1S/C27H31F3N2O6/c1-35-22-9-7-19(8-10-22)16-36-18-23(27(28,29)30)38-25(34)32-13-11-26(12-14-32)15-21(17-37-26)31-24(33)20-5-3-2-4-6-20/h2-10,21,23H,11-18H2,1H3,(H,31,33)/t21?,23-/m1/s1. The lowest BCUT2D eigenvalue weighted by molar-refractivity contribution is -0.220. The van der Waals surface area contributed by atoms with Gasteiger partial charge in [-0.15, -0.1) is 0 Å². The second kappa shape index (κ2) is 12.0. The number of piperidine rings is 1. The summed E-state index contributed by atoms with van der Waals surface area (Å²) in [5, 5.41) is 2.97. The van der Waals surface area contributed by atoms with Crippen molar-refractivity contribution in [3.05, 3.63) is 65.7 Å². The summed E-state index contributed by atoms with van der Waals surface area (Å²) in [5.74, 6) is 0.430. The Hall–Kier alpha value is -3.31. The van der Waals surface area contributed by atoms with Gasteiger partial charge >= 0.3 is 12.3 Å². The van der Waals surface area contributed by atoms with Crippen molar-refractivity contribution < 1.29 is 41.7 Å². The molecule has 2 saturated heterocycles. The maximum atomic E-state index is 13.5. The second-order valence-electron chi connectivity index (χ2n) is 9.50. The molecule has 1 N–H and O–H groups in total. The van der Waals surface area contributed by atoms with Crippen LogP contribution < -0.4 is 10.1 Å². The molecule has 2 aromatic rings. The third-order valence-corrected chi connectivity index (χ3v) is 6.82. The Kier molecular flexibility index (Phi) is 8.78. The van der Waals surface area contributed by atoms with Gasteiger partial charge in [0, 0.05) is 18.7 Å². The van der Waals surface area contributed by atoms with Gasteiger partial charge in [-0.1, -0.05) is 30.3 Å². The van der Waals surface area contributed by atoms with Crippen molar-refractivity contribution in [2.45, 2.75) is 49.8 Å². The molecule has 2 heterocycles. The highest BCUT2D eigenvalue weighted by Gasteiger charge is 2.47. The molecule has 2 aliphatic heterocycles. The molecule has 2 amide bonds. The number of benzene rings is 2. The van der Waals surface area contributed by atoms with Crippen LogP contribution in [0.3, 0.4) is 0 Å². The predicted octanol–water partition coefficient (Wildman–Crippen LogP) is 4.33. The van der Waals surface area contributed by atoms with E-state index in [-0.39, 0.29) is 31.6 Å². The third-order valence-electron chi connectivity index (χ3n) is 6.82. The van der Waals surface area contributed by atoms with Gasteiger partial charge in [0.05, 0.1) is 38.6 Å². The normalized spacial score (nSPS) is 19.7. The molecule has 2 aromatic carbocycles. The summed E-state index contributed by atoms with van der Waals surface area (Å²) in [4.78, 5) is 26.3. The number of carbonyl (C=O) groups is 2. The van der Waals surface area contributed by atoms with Crippen molar-refractivity contribution in [2.75, 3.05) is 33.4 Å². The Bertz CT molecular complexity index is 1070. The first-order valence-corrected chi connectivity index (χ1v) is 12.4. The van der Waals surface area contributed by atoms with Gasteiger partial charge in [-0.05, 0) is 49.1 Å². The molecule has 0 saturated carbocycles. The lowest BCUT2D eigenvalue weighted by Crippen LogP contribution is -2.49. The monoisotopic (exact) mass is 536 g/mol. The van der Waals surface area contributed by atoms with Crippen LogP contribution in [0.15, 0.2) is 54.6 Å². The second-order valence-corrected chi connectivity index (χ2v) is 9.50. The number of amides is 2. The summed E-state index contributed by atoms with van der Waals surface area (Å²) in [6.45, 7) is -0.166. The summed E-state index contributed by atoms with van der Waals surface area (Å²) >= 11 is 0. The van der Waals surface area contributed by atoms with E-state index in [2.05, 4.69) is 5.32 Å². The van der Waals surface area contributed by atoms with E-state index in [4.69, 9.17) is 18.9 Å². The average Bonchev–Trinajstić information content (AvgIpc) is 3.30. The maximum absolute atomic E-state index is 13.5. The Morgan fingerprint density at radius 2 is 1.79 bits per heavy atom. The molecule has 206 valence electrons. The van der Waals surface area contributed by atoms with Crippen molar-refractivity contribution in [3.8, 4) is 5.75 Å². The van der Waals surface area contributed by atoms with Gasteiger partial charge < -0.3 is 29.2 Å². The molecule has 2 fully saturated rings. The first-order chi connectivity index (χ1) is 18.2. The number of alkyl halides is 3. The van der Waals surface area contributed by atoms with E-state index < -0.39 is 30.6 Å². The van der Waals surface area contributed by atoms with Crippen LogP contribution in [0.4, 0.5) is 18.0 Å². The van der Waals surface area contributed by atoms with Crippen LogP contribution in [-0.2, 0) is 20.8 Å². The summed E-state index contributed by atoms with van der Waals surface area (Å²) in [5.41, 5.74) is 0.684. The number of ether oxygens (including phenoxy) is 4. The minimum atomic E-state index is -4.77. The number of rotatable bonds is 8. The number of halogens is 3. The molecule has 2 aliphatic rings. The fourth-order valence-electron chi connectivity index (χ4n) is 4.64. The molecule has 38 heavy (non-hydrogen) atoms. The summed E-state index contributed by atoms with van der Waals surface area (Å²) in [6.07, 6.45) is -6.76. The molecule has 11 heteroatoms. The first-order valence-electron chi connectivity index (χ1n) is 12.4. The molecule has 2 atom stereocenters. The van der Waals surface area contributed by atoms with Crippen LogP contribution in [-0.4, -0.2) is 74.2 Å². The van der Waals surface area contributed by atoms with Crippen LogP contribution in [0.25, 0.3) is 0 Å². The SMILES string of the molecule is COc1ccc(COC[C@@H](OC(=O)N2CCC3(CC2)CC(NC(=O)c2ccccc2)CO3)C(F)(F)F)cc1. The van der Waals surface area contributed by atoms with Crippen LogP contribution in [0.5, 0.6) is 5.75 Å². The summed E-state index contributed by atoms with van der Waals surface area (Å²) < 4.78 is 61.7. The number of methoxy groups -OCH3 is 1. The van der Waals surface area contributed by atoms with Crippen LogP contribution >= 0.6 is 0 Å². The van der Waals surface area contributed by atoms with Gasteiger partial charge in [0.1, 0.15) is 5.75 Å². The molecule has 4 rings (SSSR count). The number of likely N-dealkylation sites (tertiary alicyclic amines) is 1. The number of carbonyl (C=O) groups excluding carboxylic acids is 2. The molecule has 8 nitrogen and oxygen atoms in total. The lowest BCUT2D eigenvalue weighted by atomic mass is 9.87. The Morgan fingerprint density at radius 1 is 1.11 bits per heavy atom. The predicted molar refractivity (Wildman–Crippen MR) is 131 cm³/mol. The zero-order valence-electron chi connectivity index (χ0n) is 21.0. The molecular formula is C27H31F3N2O6. The molecule has 1 spiro atoms. The first kappa shape index (κ1) is 27.7. The Balaban J connectivity index is 1.23. The van der Waals surface area contributed by atoms with Crippen molar-refractivity contribution >= 4 is 12.0 Å². The maximum Gasteiger partial charge on any atom is 0.427 e. The van der Waals surface area contributed by atoms with Gasteiger partial charge in [0.25, 0.3) is 5.91 Å². The number of hydrogen-bond acceptors (Lipinski definition) is 6. The zero-order valence-corrected chi connectivity index (χ0v) is 21.0. The number of nitrogens with zero attached hydrogens (tertiary/aromatic N) is 1. The highest BCUT2D eigenvalue weighted by molar-refractivity contribution is 5.94. The molecular weight excluding hydrogens is 505 g/mol. The highest BCUT2D eigenvalue weighted by atomic mass is 19.4. The third kappa shape index (κ3) is 7.16. The molecule has 0 radical (unpaired) electrons. The largest absolute Gasteiger partial charge is 0.497 e.